The normalized spacial score (nSPS) is 18.4. The quantitative estimate of drug-likeness (QED) is 0.678. The first-order valence-electron chi connectivity index (χ1n) is 9.88. The molecule has 1 aromatic carbocycles. The van der Waals surface area contributed by atoms with Crippen molar-refractivity contribution in [2.24, 2.45) is 0 Å². The Kier molecular flexibility index (Phi) is 6.69. The van der Waals surface area contributed by atoms with E-state index in [-0.39, 0.29) is 29.0 Å². The second-order valence-electron chi connectivity index (χ2n) is 7.83. The summed E-state index contributed by atoms with van der Waals surface area (Å²) in [5, 5.41) is 0.546. The van der Waals surface area contributed by atoms with Crippen LogP contribution < -0.4 is 5.56 Å². The first-order valence-corrected chi connectivity index (χ1v) is 11.7. The number of hydrogen-bond donors (Lipinski definition) is 1. The molecule has 9 heteroatoms. The Morgan fingerprint density at radius 2 is 2.00 bits per heavy atom. The molecule has 2 heterocycles. The molecule has 1 fully saturated rings. The van der Waals surface area contributed by atoms with Gasteiger partial charge in [-0.1, -0.05) is 12.1 Å². The van der Waals surface area contributed by atoms with E-state index in [0.29, 0.717) is 55.5 Å². The monoisotopic (exact) mass is 420 g/mol. The minimum absolute atomic E-state index is 0.0444. The van der Waals surface area contributed by atoms with E-state index in [1.54, 1.807) is 23.1 Å². The van der Waals surface area contributed by atoms with Gasteiger partial charge in [0.1, 0.15) is 5.82 Å². The number of likely N-dealkylation sites (N-methyl/N-ethyl adjacent to an activating group) is 1. The molecule has 158 valence electrons. The minimum Gasteiger partial charge on any atom is -0.337 e. The van der Waals surface area contributed by atoms with E-state index in [1.807, 2.05) is 25.1 Å². The Labute approximate surface area is 170 Å². The Bertz CT molecular complexity index is 1030. The summed E-state index contributed by atoms with van der Waals surface area (Å²) < 4.78 is 23.7. The number of sulfone groups is 1. The van der Waals surface area contributed by atoms with E-state index < -0.39 is 9.84 Å². The van der Waals surface area contributed by atoms with Crippen LogP contribution in [0, 0.1) is 0 Å². The van der Waals surface area contributed by atoms with Gasteiger partial charge in [-0.2, -0.15) is 0 Å². The topological polar surface area (TPSA) is 103 Å². The maximum absolute atomic E-state index is 12.8. The van der Waals surface area contributed by atoms with Crippen molar-refractivity contribution in [1.82, 2.24) is 19.8 Å². The summed E-state index contributed by atoms with van der Waals surface area (Å²) >= 11 is 0. The van der Waals surface area contributed by atoms with Gasteiger partial charge in [-0.3, -0.25) is 9.59 Å². The highest BCUT2D eigenvalue weighted by atomic mass is 32.2. The van der Waals surface area contributed by atoms with Gasteiger partial charge in [-0.25, -0.2) is 13.4 Å². The van der Waals surface area contributed by atoms with E-state index in [0.717, 1.165) is 0 Å². The molecule has 0 spiro atoms. The maximum atomic E-state index is 12.8. The number of benzene rings is 1. The molecule has 1 aliphatic heterocycles. The number of para-hydroxylation sites is 1. The Morgan fingerprint density at radius 3 is 2.69 bits per heavy atom. The van der Waals surface area contributed by atoms with Gasteiger partial charge in [0.25, 0.3) is 5.56 Å². The fraction of sp³-hybridized carbons (Fsp3) is 0.550. The van der Waals surface area contributed by atoms with Gasteiger partial charge in [0.2, 0.25) is 5.91 Å². The first-order chi connectivity index (χ1) is 13.7. The predicted molar refractivity (Wildman–Crippen MR) is 113 cm³/mol. The number of carbonyl (C=O) groups is 1. The third-order valence-electron chi connectivity index (χ3n) is 5.22. The molecule has 0 aliphatic carbocycles. The lowest BCUT2D eigenvalue weighted by Crippen LogP contribution is -2.44. The third kappa shape index (κ3) is 5.63. The van der Waals surface area contributed by atoms with Crippen LogP contribution in [0.3, 0.4) is 0 Å². The van der Waals surface area contributed by atoms with E-state index in [2.05, 4.69) is 9.97 Å². The molecule has 1 amide bonds. The summed E-state index contributed by atoms with van der Waals surface area (Å²) in [5.74, 6) is 0.707. The number of amides is 1. The van der Waals surface area contributed by atoms with Crippen molar-refractivity contribution >= 4 is 26.6 Å². The number of hydrogen-bond acceptors (Lipinski definition) is 6. The van der Waals surface area contributed by atoms with Gasteiger partial charge in [-0.15, -0.1) is 0 Å². The standard InChI is InChI=1S/C20H28N4O4S/c1-23(2)11-12-24(15-10-13-29(27,28)14-15)19(25)9-5-8-18-21-17-7-4-3-6-16(17)20(26)22-18/h3-4,6-7,15H,5,8-14H2,1-2H3,(H,21,22,26)/t15-/m1/s1. The van der Waals surface area contributed by atoms with Crippen LogP contribution in [0.1, 0.15) is 25.1 Å². The Morgan fingerprint density at radius 1 is 1.24 bits per heavy atom. The van der Waals surface area contributed by atoms with Gasteiger partial charge in [0, 0.05) is 32.0 Å². The largest absolute Gasteiger partial charge is 0.337 e. The highest BCUT2D eigenvalue weighted by Crippen LogP contribution is 2.19. The van der Waals surface area contributed by atoms with Crippen LogP contribution in [0.15, 0.2) is 29.1 Å². The lowest BCUT2D eigenvalue weighted by molar-refractivity contribution is -0.133. The molecule has 1 atom stereocenters. The third-order valence-corrected chi connectivity index (χ3v) is 6.97. The van der Waals surface area contributed by atoms with E-state index in [4.69, 9.17) is 0 Å². The van der Waals surface area contributed by atoms with Crippen LogP contribution in [-0.2, 0) is 21.1 Å². The molecule has 0 unspecified atom stereocenters. The molecular formula is C20H28N4O4S. The number of aromatic nitrogens is 2. The lowest BCUT2D eigenvalue weighted by atomic mass is 10.1. The van der Waals surface area contributed by atoms with Crippen molar-refractivity contribution in [2.75, 3.05) is 38.7 Å². The van der Waals surface area contributed by atoms with Crippen molar-refractivity contribution in [2.45, 2.75) is 31.7 Å². The summed E-state index contributed by atoms with van der Waals surface area (Å²) in [5.41, 5.74) is 0.460. The van der Waals surface area contributed by atoms with Gasteiger partial charge in [0.15, 0.2) is 9.84 Å². The van der Waals surface area contributed by atoms with Crippen LogP contribution >= 0.6 is 0 Å². The number of carbonyl (C=O) groups excluding carboxylic acids is 1. The molecule has 0 radical (unpaired) electrons. The van der Waals surface area contributed by atoms with Gasteiger partial charge >= 0.3 is 0 Å². The van der Waals surface area contributed by atoms with Crippen LogP contribution in [-0.4, -0.2) is 78.8 Å². The molecular weight excluding hydrogens is 392 g/mol. The zero-order chi connectivity index (χ0) is 21.0. The van der Waals surface area contributed by atoms with Crippen LogP contribution in [0.5, 0.6) is 0 Å². The van der Waals surface area contributed by atoms with Crippen LogP contribution in [0.25, 0.3) is 10.9 Å². The minimum atomic E-state index is -3.06. The summed E-state index contributed by atoms with van der Waals surface area (Å²) in [6.45, 7) is 1.19. The molecule has 1 aliphatic rings. The fourth-order valence-electron chi connectivity index (χ4n) is 3.64. The van der Waals surface area contributed by atoms with E-state index >= 15 is 0 Å². The molecule has 2 aromatic rings. The average molecular weight is 421 g/mol. The SMILES string of the molecule is CN(C)CCN(C(=O)CCCc1nc2ccccc2c(=O)[nH]1)[C@@H]1CCS(=O)(=O)C1. The fourth-order valence-corrected chi connectivity index (χ4v) is 5.37. The summed E-state index contributed by atoms with van der Waals surface area (Å²) in [4.78, 5) is 36.0. The zero-order valence-corrected chi connectivity index (χ0v) is 17.7. The summed E-state index contributed by atoms with van der Waals surface area (Å²) in [6.07, 6.45) is 1.82. The Balaban J connectivity index is 1.63. The average Bonchev–Trinajstić information content (AvgIpc) is 3.01. The second kappa shape index (κ2) is 9.04. The molecule has 3 rings (SSSR count). The van der Waals surface area contributed by atoms with Crippen molar-refractivity contribution in [1.29, 1.82) is 0 Å². The molecule has 8 nitrogen and oxygen atoms in total. The van der Waals surface area contributed by atoms with Crippen molar-refractivity contribution in [3.05, 3.63) is 40.4 Å². The maximum Gasteiger partial charge on any atom is 0.258 e. The van der Waals surface area contributed by atoms with Crippen molar-refractivity contribution < 1.29 is 13.2 Å². The number of fused-ring (bicyclic) bond motifs is 1. The smallest absolute Gasteiger partial charge is 0.258 e. The number of nitrogens with one attached hydrogen (secondary N) is 1. The molecule has 0 bridgehead atoms. The number of H-pyrrole nitrogens is 1. The summed E-state index contributed by atoms with van der Waals surface area (Å²) in [6, 6.07) is 6.91. The molecule has 1 N–H and O–H groups in total. The molecule has 1 saturated heterocycles. The summed E-state index contributed by atoms with van der Waals surface area (Å²) in [7, 11) is 0.794. The highest BCUT2D eigenvalue weighted by molar-refractivity contribution is 7.91. The van der Waals surface area contributed by atoms with Crippen LogP contribution in [0.2, 0.25) is 0 Å². The molecule has 0 saturated carbocycles. The van der Waals surface area contributed by atoms with E-state index in [1.165, 1.54) is 0 Å². The van der Waals surface area contributed by atoms with E-state index in [9.17, 15) is 18.0 Å². The van der Waals surface area contributed by atoms with Crippen LogP contribution in [0.4, 0.5) is 0 Å². The van der Waals surface area contributed by atoms with Crippen molar-refractivity contribution in [3.63, 3.8) is 0 Å². The molecule has 1 aromatic heterocycles. The van der Waals surface area contributed by atoms with Crippen molar-refractivity contribution in [3.8, 4) is 0 Å². The molecule has 29 heavy (non-hydrogen) atoms. The van der Waals surface area contributed by atoms with Gasteiger partial charge < -0.3 is 14.8 Å². The predicted octanol–water partition coefficient (Wildman–Crippen LogP) is 0.823. The number of aromatic amines is 1. The number of nitrogens with zero attached hydrogens (tertiary/aromatic N) is 3. The lowest BCUT2D eigenvalue weighted by Gasteiger charge is -2.29. The Hall–Kier alpha value is -2.26. The highest BCUT2D eigenvalue weighted by Gasteiger charge is 2.34. The number of rotatable bonds is 8. The first kappa shape index (κ1) is 21.4. The van der Waals surface area contributed by atoms with Gasteiger partial charge in [0.05, 0.1) is 22.4 Å². The second-order valence-corrected chi connectivity index (χ2v) is 10.1. The van der Waals surface area contributed by atoms with Gasteiger partial charge in [-0.05, 0) is 39.1 Å². The number of aryl methyl sites for hydroxylation is 1. The zero-order valence-electron chi connectivity index (χ0n) is 16.9.